The summed E-state index contributed by atoms with van der Waals surface area (Å²) in [4.78, 5) is 23.8. The topological polar surface area (TPSA) is 75.8 Å². The average Bonchev–Trinajstić information content (AvgIpc) is 3.46. The summed E-state index contributed by atoms with van der Waals surface area (Å²) in [5.74, 6) is 2.56. The van der Waals surface area contributed by atoms with Crippen LogP contribution in [0.1, 0.15) is 36.8 Å². The summed E-state index contributed by atoms with van der Waals surface area (Å²) in [7, 11) is 0. The molecule has 0 saturated heterocycles. The van der Waals surface area contributed by atoms with Crippen molar-refractivity contribution in [2.45, 2.75) is 44.4 Å². The number of amides is 1. The average molecular weight is 362 g/mol. The molecule has 0 radical (unpaired) electrons. The number of hydrogen-bond acceptors (Lipinski definition) is 4. The molecule has 0 fully saturated rings. The molecule has 6 heteroatoms. The minimum atomic E-state index is -0.416. The van der Waals surface area contributed by atoms with Crippen molar-refractivity contribution in [3.05, 3.63) is 70.1 Å². The molecule has 27 heavy (non-hydrogen) atoms. The molecule has 1 aliphatic heterocycles. The van der Waals surface area contributed by atoms with E-state index in [1.807, 2.05) is 30.3 Å². The van der Waals surface area contributed by atoms with Gasteiger partial charge < -0.3 is 9.88 Å². The highest BCUT2D eigenvalue weighted by atomic mass is 16.1. The number of nitrogens with zero attached hydrogens (tertiary/aromatic N) is 3. The minimum absolute atomic E-state index is 0.0210. The maximum atomic E-state index is 12.0. The first-order valence-corrected chi connectivity index (χ1v) is 8.98. The molecule has 1 aromatic carbocycles. The first kappa shape index (κ1) is 18.6. The molecule has 3 rings (SSSR count). The maximum Gasteiger partial charge on any atom is 0.250 e. The second-order valence-corrected chi connectivity index (χ2v) is 6.65. The van der Waals surface area contributed by atoms with Gasteiger partial charge in [0.25, 0.3) is 5.56 Å². The lowest BCUT2D eigenvalue weighted by atomic mass is 10.0. The Morgan fingerprint density at radius 2 is 1.85 bits per heavy atom. The van der Waals surface area contributed by atoms with Crippen LogP contribution >= 0.6 is 0 Å². The fraction of sp³-hybridized carbons (Fsp3) is 0.333. The van der Waals surface area contributed by atoms with Crippen molar-refractivity contribution in [3.63, 3.8) is 0 Å². The zero-order valence-corrected chi connectivity index (χ0v) is 15.1. The molecule has 1 aliphatic rings. The molecule has 0 bridgehead atoms. The summed E-state index contributed by atoms with van der Waals surface area (Å²) in [6, 6.07) is 13.0. The van der Waals surface area contributed by atoms with Crippen LogP contribution in [-0.4, -0.2) is 16.1 Å². The number of nitrogens with one attached hydrogen (secondary N) is 1. The Morgan fingerprint density at radius 3 is 2.52 bits per heavy atom. The summed E-state index contributed by atoms with van der Waals surface area (Å²) < 4.78 is 1.65. The van der Waals surface area contributed by atoms with Gasteiger partial charge in [0.05, 0.1) is 6.54 Å². The van der Waals surface area contributed by atoms with E-state index in [0.29, 0.717) is 38.8 Å². The van der Waals surface area contributed by atoms with Crippen LogP contribution in [0.2, 0.25) is 0 Å². The number of pyridine rings is 1. The van der Waals surface area contributed by atoms with E-state index in [0.717, 1.165) is 11.1 Å². The first-order valence-electron chi connectivity index (χ1n) is 8.98. The van der Waals surface area contributed by atoms with Crippen molar-refractivity contribution in [2.24, 2.45) is 10.2 Å². The molecule has 138 valence electrons. The van der Waals surface area contributed by atoms with E-state index < -0.39 is 5.66 Å². The second kappa shape index (κ2) is 8.45. The molecule has 2 heterocycles. The summed E-state index contributed by atoms with van der Waals surface area (Å²) in [6.45, 7) is 0.995. The summed E-state index contributed by atoms with van der Waals surface area (Å²) in [6.07, 6.45) is 9.35. The summed E-state index contributed by atoms with van der Waals surface area (Å²) in [5, 5.41) is 11.0. The van der Waals surface area contributed by atoms with Gasteiger partial charge in [-0.2, -0.15) is 10.2 Å². The fourth-order valence-corrected chi connectivity index (χ4v) is 2.82. The van der Waals surface area contributed by atoms with Gasteiger partial charge in [-0.15, -0.1) is 12.3 Å². The smallest absolute Gasteiger partial charge is 0.250 e. The number of benzene rings is 1. The van der Waals surface area contributed by atoms with E-state index in [1.165, 1.54) is 0 Å². The van der Waals surface area contributed by atoms with Crippen LogP contribution in [0.15, 0.2) is 63.7 Å². The van der Waals surface area contributed by atoms with Gasteiger partial charge in [-0.1, -0.05) is 30.3 Å². The number of carbonyl (C=O) groups is 1. The van der Waals surface area contributed by atoms with E-state index in [2.05, 4.69) is 21.5 Å². The molecule has 0 spiro atoms. The van der Waals surface area contributed by atoms with Gasteiger partial charge in [0, 0.05) is 44.5 Å². The van der Waals surface area contributed by atoms with E-state index in [-0.39, 0.29) is 11.5 Å². The fourth-order valence-electron chi connectivity index (χ4n) is 2.82. The Labute approximate surface area is 158 Å². The van der Waals surface area contributed by atoms with Gasteiger partial charge in [0.2, 0.25) is 5.91 Å². The van der Waals surface area contributed by atoms with E-state index >= 15 is 0 Å². The van der Waals surface area contributed by atoms with Crippen molar-refractivity contribution in [3.8, 4) is 12.3 Å². The quantitative estimate of drug-likeness (QED) is 0.697. The second-order valence-electron chi connectivity index (χ2n) is 6.65. The molecule has 1 amide bonds. The Bertz CT molecular complexity index is 916. The first-order chi connectivity index (χ1) is 13.1. The van der Waals surface area contributed by atoms with Crippen molar-refractivity contribution in [2.75, 3.05) is 0 Å². The van der Waals surface area contributed by atoms with E-state index in [1.54, 1.807) is 22.9 Å². The molecule has 1 aromatic heterocycles. The summed E-state index contributed by atoms with van der Waals surface area (Å²) >= 11 is 0. The molecule has 6 nitrogen and oxygen atoms in total. The Morgan fingerprint density at radius 1 is 1.11 bits per heavy atom. The third-order valence-corrected chi connectivity index (χ3v) is 4.57. The lowest BCUT2D eigenvalue weighted by Crippen LogP contribution is -2.24. The van der Waals surface area contributed by atoms with Crippen molar-refractivity contribution < 1.29 is 4.79 Å². The van der Waals surface area contributed by atoms with Gasteiger partial charge in [0.15, 0.2) is 5.66 Å². The minimum Gasteiger partial charge on any atom is -0.352 e. The monoisotopic (exact) mass is 362 g/mol. The summed E-state index contributed by atoms with van der Waals surface area (Å²) in [5.41, 5.74) is 1.60. The highest BCUT2D eigenvalue weighted by molar-refractivity contribution is 5.76. The molecule has 0 atom stereocenters. The van der Waals surface area contributed by atoms with Crippen LogP contribution in [-0.2, 0) is 17.9 Å². The third-order valence-electron chi connectivity index (χ3n) is 4.57. The highest BCUT2D eigenvalue weighted by Crippen LogP contribution is 2.37. The largest absolute Gasteiger partial charge is 0.352 e. The van der Waals surface area contributed by atoms with Gasteiger partial charge in [-0.3, -0.25) is 9.59 Å². The van der Waals surface area contributed by atoms with E-state index in [4.69, 9.17) is 6.42 Å². The Kier molecular flexibility index (Phi) is 5.82. The third kappa shape index (κ3) is 5.38. The van der Waals surface area contributed by atoms with Crippen LogP contribution < -0.4 is 10.9 Å². The number of carbonyl (C=O) groups excluding carboxylic acids is 1. The SMILES string of the molecule is C#CCCC1(CCC(=O)NCc2ccc(Cn3ccccc3=O)cc2)N=N1. The van der Waals surface area contributed by atoms with Crippen molar-refractivity contribution in [1.82, 2.24) is 9.88 Å². The van der Waals surface area contributed by atoms with Crippen LogP contribution in [0.4, 0.5) is 0 Å². The molecule has 1 N–H and O–H groups in total. The zero-order chi connectivity index (χ0) is 19.1. The number of hydrogen-bond donors (Lipinski definition) is 1. The zero-order valence-electron chi connectivity index (χ0n) is 15.1. The molecule has 0 aliphatic carbocycles. The number of aromatic nitrogens is 1. The lowest BCUT2D eigenvalue weighted by Gasteiger charge is -2.10. The van der Waals surface area contributed by atoms with Crippen molar-refractivity contribution >= 4 is 5.91 Å². The lowest BCUT2D eigenvalue weighted by molar-refractivity contribution is -0.121. The maximum absolute atomic E-state index is 12.0. The Hall–Kier alpha value is -3.20. The normalized spacial score (nSPS) is 13.7. The van der Waals surface area contributed by atoms with Gasteiger partial charge in [0.1, 0.15) is 0 Å². The Balaban J connectivity index is 1.43. The number of rotatable bonds is 9. The standard InChI is InChI=1S/C21H22N4O2/c1-2-3-12-21(23-24-21)13-11-19(26)22-15-17-7-9-18(10-8-17)16-25-14-5-4-6-20(25)27/h1,4-10,14H,3,11-13,15-16H2,(H,22,26). The van der Waals surface area contributed by atoms with Crippen LogP contribution in [0.25, 0.3) is 0 Å². The van der Waals surface area contributed by atoms with Crippen LogP contribution in [0, 0.1) is 12.3 Å². The van der Waals surface area contributed by atoms with E-state index in [9.17, 15) is 9.59 Å². The molecular weight excluding hydrogens is 340 g/mol. The van der Waals surface area contributed by atoms with Gasteiger partial charge in [-0.05, 0) is 17.2 Å². The molecule has 2 aromatic rings. The predicted octanol–water partition coefficient (Wildman–Crippen LogP) is 2.87. The van der Waals surface area contributed by atoms with Crippen LogP contribution in [0.3, 0.4) is 0 Å². The number of terminal acetylenes is 1. The highest BCUT2D eigenvalue weighted by Gasteiger charge is 2.39. The van der Waals surface area contributed by atoms with Crippen LogP contribution in [0.5, 0.6) is 0 Å². The predicted molar refractivity (Wildman–Crippen MR) is 103 cm³/mol. The molecular formula is C21H22N4O2. The van der Waals surface area contributed by atoms with Gasteiger partial charge in [-0.25, -0.2) is 0 Å². The van der Waals surface area contributed by atoms with Crippen molar-refractivity contribution in [1.29, 1.82) is 0 Å². The van der Waals surface area contributed by atoms with Gasteiger partial charge >= 0.3 is 0 Å². The molecule has 0 saturated carbocycles. The molecule has 0 unspecified atom stereocenters.